The van der Waals surface area contributed by atoms with Gasteiger partial charge < -0.3 is 26.6 Å². The maximum Gasteiger partial charge on any atom is 0.330 e. The number of hydrogen-bond acceptors (Lipinski definition) is 9. The molecule has 0 radical (unpaired) electrons. The molecule has 1 aliphatic rings. The Morgan fingerprint density at radius 1 is 0.606 bits per heavy atom. The highest BCUT2D eigenvalue weighted by atomic mass is 28.5. The quantitative estimate of drug-likeness (QED) is 0.106. The van der Waals surface area contributed by atoms with Gasteiger partial charge in [0.15, 0.2) is 0 Å². The lowest BCUT2D eigenvalue weighted by atomic mass is 10.5. The van der Waals surface area contributed by atoms with Gasteiger partial charge in [0.05, 0.1) is 19.8 Å². The van der Waals surface area contributed by atoms with E-state index in [1.165, 1.54) is 0 Å². The predicted octanol–water partition coefficient (Wildman–Crippen LogP) is 3.62. The van der Waals surface area contributed by atoms with Crippen LogP contribution in [0.3, 0.4) is 0 Å². The molecule has 0 amide bonds. The van der Waals surface area contributed by atoms with E-state index in [9.17, 15) is 14.4 Å². The molecule has 12 heteroatoms. The standard InChI is InChI=1S/C21H36O9Si3/c1-7-19(22)25-13-10-16-31(4)28-32(5,17-11-14-26-20(23)8-2)30-33(6,29-31)18-12-15-27-21(24)9-3/h7-9H,1-3,10-18H2,4-6H3. The summed E-state index contributed by atoms with van der Waals surface area (Å²) in [5, 5.41) is 0. The van der Waals surface area contributed by atoms with Crippen LogP contribution in [0.4, 0.5) is 0 Å². The Labute approximate surface area is 199 Å². The molecule has 0 spiro atoms. The van der Waals surface area contributed by atoms with Gasteiger partial charge in [-0.15, -0.1) is 0 Å². The Bertz CT molecular complexity index is 625. The zero-order chi connectivity index (χ0) is 25.0. The molecule has 0 saturated carbocycles. The summed E-state index contributed by atoms with van der Waals surface area (Å²) >= 11 is 0. The zero-order valence-electron chi connectivity index (χ0n) is 19.9. The number of carbonyl (C=O) groups is 3. The maximum absolute atomic E-state index is 11.3. The van der Waals surface area contributed by atoms with Crippen LogP contribution in [0, 0.1) is 0 Å². The highest BCUT2D eigenvalue weighted by Crippen LogP contribution is 2.38. The molecule has 1 aliphatic heterocycles. The summed E-state index contributed by atoms with van der Waals surface area (Å²) in [5.74, 6) is -1.38. The molecule has 0 aromatic carbocycles. The van der Waals surface area contributed by atoms with E-state index in [0.717, 1.165) is 18.2 Å². The lowest BCUT2D eigenvalue weighted by molar-refractivity contribution is -0.138. The summed E-state index contributed by atoms with van der Waals surface area (Å²) in [6.45, 7) is 17.0. The van der Waals surface area contributed by atoms with Crippen molar-refractivity contribution < 1.29 is 40.9 Å². The van der Waals surface area contributed by atoms with Crippen LogP contribution in [0.2, 0.25) is 37.8 Å². The van der Waals surface area contributed by atoms with E-state index in [1.807, 2.05) is 19.6 Å². The van der Waals surface area contributed by atoms with E-state index in [1.54, 1.807) is 0 Å². The number of ether oxygens (including phenoxy) is 3. The van der Waals surface area contributed by atoms with Crippen LogP contribution in [0.5, 0.6) is 0 Å². The summed E-state index contributed by atoms with van der Waals surface area (Å²) in [6, 6.07) is 1.93. The minimum Gasteiger partial charge on any atom is -0.463 e. The zero-order valence-corrected chi connectivity index (χ0v) is 22.9. The monoisotopic (exact) mass is 516 g/mol. The third kappa shape index (κ3) is 11.2. The fourth-order valence-electron chi connectivity index (χ4n) is 3.61. The normalized spacial score (nSPS) is 26.6. The second-order valence-electron chi connectivity index (χ2n) is 8.13. The van der Waals surface area contributed by atoms with Gasteiger partial charge in [-0.05, 0) is 57.0 Å². The molecule has 0 atom stereocenters. The highest BCUT2D eigenvalue weighted by molar-refractivity contribution is 6.93. The molecule has 0 unspecified atom stereocenters. The molecule has 0 aromatic heterocycles. The van der Waals surface area contributed by atoms with Gasteiger partial charge in [-0.2, -0.15) is 0 Å². The van der Waals surface area contributed by atoms with Crippen LogP contribution in [-0.2, 0) is 40.9 Å². The first-order valence-electron chi connectivity index (χ1n) is 11.0. The second kappa shape index (κ2) is 13.8. The van der Waals surface area contributed by atoms with E-state index in [2.05, 4.69) is 19.7 Å². The molecule has 186 valence electrons. The fourth-order valence-corrected chi connectivity index (χ4v) is 21.0. The minimum absolute atomic E-state index is 0.257. The van der Waals surface area contributed by atoms with Crippen molar-refractivity contribution in [3.8, 4) is 0 Å². The Morgan fingerprint density at radius 2 is 0.848 bits per heavy atom. The summed E-state index contributed by atoms with van der Waals surface area (Å²) in [4.78, 5) is 33.9. The van der Waals surface area contributed by atoms with Crippen LogP contribution >= 0.6 is 0 Å². The van der Waals surface area contributed by atoms with Crippen LogP contribution < -0.4 is 0 Å². The van der Waals surface area contributed by atoms with Crippen molar-refractivity contribution in [2.24, 2.45) is 0 Å². The third-order valence-corrected chi connectivity index (χ3v) is 19.0. The SMILES string of the molecule is C=CC(=O)OCCC[Si]1(C)O[Si](C)(CCCOC(=O)C=C)O[Si](C)(CCCOC(=O)C=C)O1. The Hall–Kier alpha value is -1.84. The predicted molar refractivity (Wildman–Crippen MR) is 130 cm³/mol. The molecular weight excluding hydrogens is 480 g/mol. The van der Waals surface area contributed by atoms with Gasteiger partial charge in [-0.25, -0.2) is 14.4 Å². The lowest BCUT2D eigenvalue weighted by Gasteiger charge is -2.50. The highest BCUT2D eigenvalue weighted by Gasteiger charge is 2.55. The van der Waals surface area contributed by atoms with Crippen molar-refractivity contribution >= 4 is 43.6 Å². The van der Waals surface area contributed by atoms with Crippen molar-refractivity contribution in [3.05, 3.63) is 38.0 Å². The Balaban J connectivity index is 2.81. The van der Waals surface area contributed by atoms with Gasteiger partial charge in [0.2, 0.25) is 0 Å². The molecule has 1 fully saturated rings. The van der Waals surface area contributed by atoms with Gasteiger partial charge in [0.25, 0.3) is 0 Å². The van der Waals surface area contributed by atoms with Gasteiger partial charge in [-0.3, -0.25) is 0 Å². The first kappa shape index (κ1) is 29.2. The molecular formula is C21H36O9Si3. The van der Waals surface area contributed by atoms with E-state index in [4.69, 9.17) is 26.6 Å². The Kier molecular flexibility index (Phi) is 12.2. The molecule has 1 rings (SSSR count). The average molecular weight is 517 g/mol. The van der Waals surface area contributed by atoms with E-state index < -0.39 is 43.6 Å². The lowest BCUT2D eigenvalue weighted by Crippen LogP contribution is -2.67. The molecule has 0 aliphatic carbocycles. The first-order valence-corrected chi connectivity index (χ1v) is 18.5. The first-order chi connectivity index (χ1) is 15.5. The van der Waals surface area contributed by atoms with E-state index in [0.29, 0.717) is 37.4 Å². The summed E-state index contributed by atoms with van der Waals surface area (Å²) < 4.78 is 34.9. The number of hydrogen-bond donors (Lipinski definition) is 0. The van der Waals surface area contributed by atoms with E-state index >= 15 is 0 Å². The van der Waals surface area contributed by atoms with Gasteiger partial charge in [-0.1, -0.05) is 19.7 Å². The van der Waals surface area contributed by atoms with Gasteiger partial charge in [0.1, 0.15) is 0 Å². The number of esters is 3. The molecule has 9 nitrogen and oxygen atoms in total. The third-order valence-electron chi connectivity index (χ3n) is 4.85. The second-order valence-corrected chi connectivity index (χ2v) is 18.9. The van der Waals surface area contributed by atoms with Crippen molar-refractivity contribution in [3.63, 3.8) is 0 Å². The number of carbonyl (C=O) groups excluding carboxylic acids is 3. The number of rotatable bonds is 15. The molecule has 0 N–H and O–H groups in total. The fraction of sp³-hybridized carbons (Fsp3) is 0.571. The molecule has 0 bridgehead atoms. The van der Waals surface area contributed by atoms with Gasteiger partial charge in [0, 0.05) is 18.2 Å². The smallest absolute Gasteiger partial charge is 0.330 e. The van der Waals surface area contributed by atoms with Crippen LogP contribution in [0.15, 0.2) is 38.0 Å². The Morgan fingerprint density at radius 3 is 1.06 bits per heavy atom. The molecule has 1 saturated heterocycles. The van der Waals surface area contributed by atoms with Crippen LogP contribution in [-0.4, -0.2) is 63.4 Å². The van der Waals surface area contributed by atoms with Crippen LogP contribution in [0.1, 0.15) is 19.3 Å². The van der Waals surface area contributed by atoms with Crippen molar-refractivity contribution in [1.82, 2.24) is 0 Å². The molecule has 1 heterocycles. The molecule has 33 heavy (non-hydrogen) atoms. The largest absolute Gasteiger partial charge is 0.463 e. The van der Waals surface area contributed by atoms with Crippen molar-refractivity contribution in [1.29, 1.82) is 0 Å². The van der Waals surface area contributed by atoms with Gasteiger partial charge >= 0.3 is 43.6 Å². The van der Waals surface area contributed by atoms with Crippen molar-refractivity contribution in [2.45, 2.75) is 57.0 Å². The minimum atomic E-state index is -2.63. The topological polar surface area (TPSA) is 107 Å². The average Bonchev–Trinajstić information content (AvgIpc) is 2.75. The summed E-state index contributed by atoms with van der Waals surface area (Å²) in [7, 11) is -7.90. The summed E-state index contributed by atoms with van der Waals surface area (Å²) in [6.07, 6.45) is 5.20. The summed E-state index contributed by atoms with van der Waals surface area (Å²) in [5.41, 5.74) is 0. The van der Waals surface area contributed by atoms with Crippen molar-refractivity contribution in [2.75, 3.05) is 19.8 Å². The van der Waals surface area contributed by atoms with E-state index in [-0.39, 0.29) is 19.8 Å². The maximum atomic E-state index is 11.3. The van der Waals surface area contributed by atoms with Crippen LogP contribution in [0.25, 0.3) is 0 Å². The molecule has 0 aromatic rings.